The molecule has 0 aliphatic rings. The molecule has 0 radical (unpaired) electrons. The van der Waals surface area contributed by atoms with E-state index in [-0.39, 0.29) is 18.2 Å². The van der Waals surface area contributed by atoms with Crippen LogP contribution in [0.5, 0.6) is 0 Å². The van der Waals surface area contributed by atoms with Crippen molar-refractivity contribution in [3.05, 3.63) is 33.9 Å². The van der Waals surface area contributed by atoms with Crippen molar-refractivity contribution in [3.8, 4) is 0 Å². The first-order valence-corrected chi connectivity index (χ1v) is 8.50. The van der Waals surface area contributed by atoms with Gasteiger partial charge in [0.15, 0.2) is 11.4 Å². The van der Waals surface area contributed by atoms with Crippen LogP contribution in [0.3, 0.4) is 0 Å². The number of Topliss-reactive ketones (excluding diaryl/α,β-unsaturated/α-hetero) is 1. The SMILES string of the molecule is Cc1nc(SCC(=O)c2ccc(CN)s2)c2cn(C)nc2n1.Cl. The van der Waals surface area contributed by atoms with Gasteiger partial charge in [0, 0.05) is 24.7 Å². The number of thiophene rings is 1. The second-order valence-electron chi connectivity index (χ2n) is 4.80. The van der Waals surface area contributed by atoms with E-state index in [9.17, 15) is 4.79 Å². The van der Waals surface area contributed by atoms with Crippen molar-refractivity contribution in [3.63, 3.8) is 0 Å². The van der Waals surface area contributed by atoms with Gasteiger partial charge in [-0.1, -0.05) is 11.8 Å². The Balaban J connectivity index is 0.00000192. The molecule has 0 bridgehead atoms. The lowest BCUT2D eigenvalue weighted by Gasteiger charge is -2.02. The Bertz CT molecular complexity index is 845. The highest BCUT2D eigenvalue weighted by Gasteiger charge is 2.14. The average Bonchev–Trinajstić information content (AvgIpc) is 3.09. The summed E-state index contributed by atoms with van der Waals surface area (Å²) in [5.74, 6) is 1.08. The maximum absolute atomic E-state index is 12.3. The molecule has 0 saturated heterocycles. The van der Waals surface area contributed by atoms with Crippen LogP contribution in [0.2, 0.25) is 0 Å². The molecular formula is C14H16ClN5OS2. The number of carbonyl (C=O) groups excluding carboxylic acids is 1. The maximum Gasteiger partial charge on any atom is 0.185 e. The van der Waals surface area contributed by atoms with Gasteiger partial charge in [-0.05, 0) is 19.1 Å². The number of ketones is 1. The monoisotopic (exact) mass is 369 g/mol. The molecule has 23 heavy (non-hydrogen) atoms. The van der Waals surface area contributed by atoms with Crippen molar-refractivity contribution in [2.24, 2.45) is 12.8 Å². The Morgan fingerprint density at radius 1 is 1.39 bits per heavy atom. The van der Waals surface area contributed by atoms with Crippen LogP contribution in [-0.2, 0) is 13.6 Å². The zero-order valence-electron chi connectivity index (χ0n) is 12.6. The average molecular weight is 370 g/mol. The molecule has 0 atom stereocenters. The zero-order chi connectivity index (χ0) is 15.7. The Labute approximate surface area is 147 Å². The standard InChI is InChI=1S/C14H15N5OS2.ClH/c1-8-16-13-10(6-19(2)18-13)14(17-8)21-7-11(20)12-4-3-9(5-15)22-12;/h3-4,6H,5,7,15H2,1-2H3;1H. The van der Waals surface area contributed by atoms with E-state index in [4.69, 9.17) is 5.73 Å². The molecule has 0 saturated carbocycles. The molecule has 122 valence electrons. The first kappa shape index (κ1) is 17.9. The van der Waals surface area contributed by atoms with E-state index in [2.05, 4.69) is 15.1 Å². The second kappa shape index (κ2) is 7.39. The van der Waals surface area contributed by atoms with Crippen LogP contribution in [0.4, 0.5) is 0 Å². The van der Waals surface area contributed by atoms with Crippen LogP contribution >= 0.6 is 35.5 Å². The molecular weight excluding hydrogens is 354 g/mol. The Hall–Kier alpha value is -1.48. The molecule has 3 aromatic rings. The van der Waals surface area contributed by atoms with E-state index in [1.807, 2.05) is 32.3 Å². The number of nitrogens with two attached hydrogens (primary N) is 1. The molecule has 0 unspecified atom stereocenters. The van der Waals surface area contributed by atoms with Gasteiger partial charge in [0.25, 0.3) is 0 Å². The number of thioether (sulfide) groups is 1. The number of rotatable bonds is 5. The number of carbonyl (C=O) groups is 1. The molecule has 6 nitrogen and oxygen atoms in total. The Morgan fingerprint density at radius 3 is 2.87 bits per heavy atom. The molecule has 0 spiro atoms. The molecule has 0 amide bonds. The lowest BCUT2D eigenvalue weighted by molar-refractivity contribution is 0.102. The third-order valence-electron chi connectivity index (χ3n) is 3.05. The Kier molecular flexibility index (Phi) is 5.74. The number of aromatic nitrogens is 4. The van der Waals surface area contributed by atoms with Crippen LogP contribution in [-0.4, -0.2) is 31.3 Å². The minimum absolute atomic E-state index is 0. The molecule has 0 aliphatic heterocycles. The quantitative estimate of drug-likeness (QED) is 0.422. The van der Waals surface area contributed by atoms with Crippen molar-refractivity contribution in [2.45, 2.75) is 18.5 Å². The van der Waals surface area contributed by atoms with Crippen molar-refractivity contribution < 1.29 is 4.79 Å². The summed E-state index contributed by atoms with van der Waals surface area (Å²) in [5, 5.41) is 5.96. The largest absolute Gasteiger partial charge is 0.326 e. The normalized spacial score (nSPS) is 10.7. The molecule has 2 N–H and O–H groups in total. The van der Waals surface area contributed by atoms with Gasteiger partial charge in [0.1, 0.15) is 10.9 Å². The summed E-state index contributed by atoms with van der Waals surface area (Å²) >= 11 is 2.87. The van der Waals surface area contributed by atoms with Crippen LogP contribution in [0, 0.1) is 6.92 Å². The highest BCUT2D eigenvalue weighted by molar-refractivity contribution is 8.00. The van der Waals surface area contributed by atoms with Gasteiger partial charge in [-0.15, -0.1) is 23.7 Å². The fourth-order valence-electron chi connectivity index (χ4n) is 2.05. The van der Waals surface area contributed by atoms with Gasteiger partial charge in [-0.3, -0.25) is 9.48 Å². The number of halogens is 1. The van der Waals surface area contributed by atoms with Crippen LogP contribution in [0.1, 0.15) is 20.4 Å². The third-order valence-corrected chi connectivity index (χ3v) is 5.19. The molecule has 3 rings (SSSR count). The molecule has 9 heteroatoms. The van der Waals surface area contributed by atoms with Crippen molar-refractivity contribution in [2.75, 3.05) is 5.75 Å². The van der Waals surface area contributed by atoms with Gasteiger partial charge >= 0.3 is 0 Å². The van der Waals surface area contributed by atoms with E-state index in [0.717, 1.165) is 20.2 Å². The first-order chi connectivity index (χ1) is 10.6. The summed E-state index contributed by atoms with van der Waals surface area (Å²) in [6, 6.07) is 3.73. The fourth-order valence-corrected chi connectivity index (χ4v) is 3.88. The van der Waals surface area contributed by atoms with E-state index in [1.165, 1.54) is 23.1 Å². The number of aryl methyl sites for hydroxylation is 2. The van der Waals surface area contributed by atoms with E-state index in [0.29, 0.717) is 23.8 Å². The van der Waals surface area contributed by atoms with Gasteiger partial charge < -0.3 is 5.73 Å². The lowest BCUT2D eigenvalue weighted by atomic mass is 10.3. The minimum atomic E-state index is 0. The van der Waals surface area contributed by atoms with Crippen LogP contribution in [0.15, 0.2) is 23.4 Å². The predicted molar refractivity (Wildman–Crippen MR) is 95.6 cm³/mol. The predicted octanol–water partition coefficient (Wildman–Crippen LogP) is 2.59. The second-order valence-corrected chi connectivity index (χ2v) is 6.93. The minimum Gasteiger partial charge on any atom is -0.326 e. The first-order valence-electron chi connectivity index (χ1n) is 6.69. The highest BCUT2D eigenvalue weighted by atomic mass is 35.5. The summed E-state index contributed by atoms with van der Waals surface area (Å²) in [5.41, 5.74) is 6.24. The summed E-state index contributed by atoms with van der Waals surface area (Å²) in [6.45, 7) is 2.29. The van der Waals surface area contributed by atoms with Crippen LogP contribution in [0.25, 0.3) is 11.0 Å². The summed E-state index contributed by atoms with van der Waals surface area (Å²) < 4.78 is 1.71. The molecule has 0 aliphatic carbocycles. The Morgan fingerprint density at radius 2 is 2.17 bits per heavy atom. The van der Waals surface area contributed by atoms with Gasteiger partial charge in [0.05, 0.1) is 16.0 Å². The summed E-state index contributed by atoms with van der Waals surface area (Å²) in [4.78, 5) is 22.7. The zero-order valence-corrected chi connectivity index (χ0v) is 15.1. The lowest BCUT2D eigenvalue weighted by Crippen LogP contribution is -2.01. The number of hydrogen-bond acceptors (Lipinski definition) is 7. The van der Waals surface area contributed by atoms with E-state index < -0.39 is 0 Å². The van der Waals surface area contributed by atoms with Gasteiger partial charge in [-0.2, -0.15) is 5.10 Å². The molecule has 3 aromatic heterocycles. The van der Waals surface area contributed by atoms with Crippen molar-refractivity contribution in [1.29, 1.82) is 0 Å². The van der Waals surface area contributed by atoms with Crippen molar-refractivity contribution in [1.82, 2.24) is 19.7 Å². The maximum atomic E-state index is 12.3. The number of hydrogen-bond donors (Lipinski definition) is 1. The number of fused-ring (bicyclic) bond motifs is 1. The third kappa shape index (κ3) is 3.89. The molecule has 0 fully saturated rings. The fraction of sp³-hybridized carbons (Fsp3) is 0.286. The van der Waals surface area contributed by atoms with E-state index >= 15 is 0 Å². The topological polar surface area (TPSA) is 86.7 Å². The van der Waals surface area contributed by atoms with Gasteiger partial charge in [0.2, 0.25) is 0 Å². The van der Waals surface area contributed by atoms with E-state index in [1.54, 1.807) is 4.68 Å². The number of nitrogens with zero attached hydrogens (tertiary/aromatic N) is 4. The smallest absolute Gasteiger partial charge is 0.185 e. The molecule has 0 aromatic carbocycles. The molecule has 3 heterocycles. The van der Waals surface area contributed by atoms with Gasteiger partial charge in [-0.25, -0.2) is 9.97 Å². The summed E-state index contributed by atoms with van der Waals surface area (Å²) in [7, 11) is 1.84. The highest BCUT2D eigenvalue weighted by Crippen LogP contribution is 2.26. The van der Waals surface area contributed by atoms with Crippen molar-refractivity contribution >= 4 is 52.3 Å². The summed E-state index contributed by atoms with van der Waals surface area (Å²) in [6.07, 6.45) is 1.87. The van der Waals surface area contributed by atoms with Crippen LogP contribution < -0.4 is 5.73 Å².